The van der Waals surface area contributed by atoms with Gasteiger partial charge in [0.15, 0.2) is 0 Å². The van der Waals surface area contributed by atoms with Gasteiger partial charge in [-0.2, -0.15) is 0 Å². The number of hydrogen-bond donors (Lipinski definition) is 1. The molecule has 8 nitrogen and oxygen atoms in total. The Bertz CT molecular complexity index is 716. The monoisotopic (exact) mass is 346 g/mol. The second kappa shape index (κ2) is 6.91. The van der Waals surface area contributed by atoms with Gasteiger partial charge in [-0.1, -0.05) is 11.3 Å². The van der Waals surface area contributed by atoms with Gasteiger partial charge in [0.2, 0.25) is 11.0 Å². The first-order valence-corrected chi connectivity index (χ1v) is 8.45. The topological polar surface area (TPSA) is 91.3 Å². The number of aromatic nitrogens is 3. The number of hydrogen-bond acceptors (Lipinski definition) is 7. The number of likely N-dealkylation sites (N-methyl/N-ethyl adjacent to an activating group) is 1. The number of carbonyl (C=O) groups is 2. The summed E-state index contributed by atoms with van der Waals surface area (Å²) in [5.41, 5.74) is 1.98. The molecule has 1 N–H and O–H groups in total. The van der Waals surface area contributed by atoms with Crippen molar-refractivity contribution in [1.29, 1.82) is 0 Å². The van der Waals surface area contributed by atoms with Gasteiger partial charge in [0, 0.05) is 26.8 Å². The van der Waals surface area contributed by atoms with Gasteiger partial charge in [-0.25, -0.2) is 4.98 Å². The molecule has 0 aromatic carbocycles. The van der Waals surface area contributed by atoms with E-state index in [0.717, 1.165) is 19.4 Å². The largest absolute Gasteiger partial charge is 0.347 e. The molecule has 3 heterocycles. The van der Waals surface area contributed by atoms with E-state index in [1.54, 1.807) is 36.6 Å². The van der Waals surface area contributed by atoms with E-state index in [4.69, 9.17) is 0 Å². The second-order valence-electron chi connectivity index (χ2n) is 5.69. The Morgan fingerprint density at radius 1 is 1.38 bits per heavy atom. The van der Waals surface area contributed by atoms with Gasteiger partial charge in [-0.05, 0) is 25.0 Å². The Balaban J connectivity index is 1.72. The molecule has 2 amide bonds. The zero-order valence-electron chi connectivity index (χ0n) is 13.5. The summed E-state index contributed by atoms with van der Waals surface area (Å²) in [5.74, 6) is 0.501. The third kappa shape index (κ3) is 3.35. The third-order valence-electron chi connectivity index (χ3n) is 3.86. The zero-order valence-corrected chi connectivity index (χ0v) is 14.3. The Morgan fingerprint density at radius 2 is 2.21 bits per heavy atom. The van der Waals surface area contributed by atoms with Crippen LogP contribution in [0.2, 0.25) is 0 Å². The standard InChI is InChI=1S/C15H18N6O2S/c1-20(2)14(23)11-4-3-7-21(11)12-6-5-10(8-16-12)13(22)18-15-19-17-9-24-15/h5-6,8-9,11H,3-4,7H2,1-2H3,(H,18,19,22). The number of carbonyl (C=O) groups excluding carboxylic acids is 2. The smallest absolute Gasteiger partial charge is 0.259 e. The van der Waals surface area contributed by atoms with Crippen LogP contribution < -0.4 is 10.2 Å². The molecule has 0 radical (unpaired) electrons. The first-order valence-electron chi connectivity index (χ1n) is 7.57. The molecule has 1 atom stereocenters. The van der Waals surface area contributed by atoms with E-state index in [2.05, 4.69) is 20.5 Å². The first-order chi connectivity index (χ1) is 11.6. The quantitative estimate of drug-likeness (QED) is 0.896. The van der Waals surface area contributed by atoms with Crippen molar-refractivity contribution in [2.75, 3.05) is 30.9 Å². The lowest BCUT2D eigenvalue weighted by Crippen LogP contribution is -2.43. The number of pyridine rings is 1. The van der Waals surface area contributed by atoms with Crippen LogP contribution in [0.1, 0.15) is 23.2 Å². The van der Waals surface area contributed by atoms with Crippen LogP contribution in [0, 0.1) is 0 Å². The van der Waals surface area contributed by atoms with Crippen molar-refractivity contribution in [2.45, 2.75) is 18.9 Å². The van der Waals surface area contributed by atoms with Crippen molar-refractivity contribution in [3.63, 3.8) is 0 Å². The van der Waals surface area contributed by atoms with Gasteiger partial charge in [0.05, 0.1) is 5.56 Å². The molecule has 0 spiro atoms. The fraction of sp³-hybridized carbons (Fsp3) is 0.400. The van der Waals surface area contributed by atoms with Crippen LogP contribution in [-0.4, -0.2) is 58.6 Å². The van der Waals surface area contributed by atoms with Crippen molar-refractivity contribution in [3.8, 4) is 0 Å². The summed E-state index contributed by atoms with van der Waals surface area (Å²) in [6, 6.07) is 3.29. The third-order valence-corrected chi connectivity index (χ3v) is 4.47. The fourth-order valence-electron chi connectivity index (χ4n) is 2.68. The number of nitrogens with zero attached hydrogens (tertiary/aromatic N) is 5. The van der Waals surface area contributed by atoms with Crippen molar-refractivity contribution >= 4 is 34.1 Å². The van der Waals surface area contributed by atoms with Crippen LogP contribution in [0.5, 0.6) is 0 Å². The molecule has 1 unspecified atom stereocenters. The fourth-order valence-corrected chi connectivity index (χ4v) is 3.12. The normalized spacial score (nSPS) is 16.9. The van der Waals surface area contributed by atoms with E-state index < -0.39 is 0 Å². The maximum atomic E-state index is 12.3. The van der Waals surface area contributed by atoms with E-state index in [0.29, 0.717) is 16.5 Å². The van der Waals surface area contributed by atoms with Crippen LogP contribution in [0.15, 0.2) is 23.8 Å². The average Bonchev–Trinajstić information content (AvgIpc) is 3.25. The highest BCUT2D eigenvalue weighted by atomic mass is 32.1. The highest BCUT2D eigenvalue weighted by Gasteiger charge is 2.32. The molecule has 1 fully saturated rings. The van der Waals surface area contributed by atoms with E-state index in [1.807, 2.05) is 4.90 Å². The van der Waals surface area contributed by atoms with Gasteiger partial charge >= 0.3 is 0 Å². The van der Waals surface area contributed by atoms with Crippen molar-refractivity contribution < 1.29 is 9.59 Å². The summed E-state index contributed by atoms with van der Waals surface area (Å²) < 4.78 is 0. The second-order valence-corrected chi connectivity index (χ2v) is 6.52. The van der Waals surface area contributed by atoms with Crippen molar-refractivity contribution in [1.82, 2.24) is 20.1 Å². The lowest BCUT2D eigenvalue weighted by molar-refractivity contribution is -0.129. The highest BCUT2D eigenvalue weighted by molar-refractivity contribution is 7.13. The van der Waals surface area contributed by atoms with Gasteiger partial charge in [-0.3, -0.25) is 14.9 Å². The number of amides is 2. The van der Waals surface area contributed by atoms with Crippen LogP contribution >= 0.6 is 11.3 Å². The van der Waals surface area contributed by atoms with Crippen molar-refractivity contribution in [2.24, 2.45) is 0 Å². The molecule has 3 rings (SSSR count). The van der Waals surface area contributed by atoms with Crippen molar-refractivity contribution in [3.05, 3.63) is 29.4 Å². The Labute approximate surface area is 143 Å². The van der Waals surface area contributed by atoms with E-state index >= 15 is 0 Å². The number of anilines is 2. The van der Waals surface area contributed by atoms with Gasteiger partial charge in [0.25, 0.3) is 5.91 Å². The number of nitrogens with one attached hydrogen (secondary N) is 1. The predicted octanol–water partition coefficient (Wildman–Crippen LogP) is 1.24. The maximum absolute atomic E-state index is 12.3. The van der Waals surface area contributed by atoms with Crippen LogP contribution in [0.3, 0.4) is 0 Å². The molecule has 0 saturated carbocycles. The van der Waals surface area contributed by atoms with E-state index in [9.17, 15) is 9.59 Å². The summed E-state index contributed by atoms with van der Waals surface area (Å²) in [6.07, 6.45) is 3.28. The molecule has 1 aliphatic heterocycles. The minimum atomic E-state index is -0.284. The van der Waals surface area contributed by atoms with Gasteiger partial charge < -0.3 is 9.80 Å². The van der Waals surface area contributed by atoms with Crippen LogP contribution in [0.25, 0.3) is 0 Å². The molecule has 1 aliphatic rings. The van der Waals surface area contributed by atoms with E-state index in [1.165, 1.54) is 17.5 Å². The maximum Gasteiger partial charge on any atom is 0.259 e. The SMILES string of the molecule is CN(C)C(=O)C1CCCN1c1ccc(C(=O)Nc2nncs2)cn1. The molecule has 2 aromatic rings. The Morgan fingerprint density at radius 3 is 2.83 bits per heavy atom. The molecular weight excluding hydrogens is 328 g/mol. The molecule has 24 heavy (non-hydrogen) atoms. The van der Waals surface area contributed by atoms with Gasteiger partial charge in [0.1, 0.15) is 17.4 Å². The molecule has 0 bridgehead atoms. The average molecular weight is 346 g/mol. The summed E-state index contributed by atoms with van der Waals surface area (Å²) in [7, 11) is 3.51. The summed E-state index contributed by atoms with van der Waals surface area (Å²) in [6.45, 7) is 0.785. The molecule has 1 saturated heterocycles. The molecule has 2 aromatic heterocycles. The molecular formula is C15H18N6O2S. The molecule has 0 aliphatic carbocycles. The number of rotatable bonds is 4. The lowest BCUT2D eigenvalue weighted by atomic mass is 10.2. The highest BCUT2D eigenvalue weighted by Crippen LogP contribution is 2.25. The zero-order chi connectivity index (χ0) is 17.1. The minimum absolute atomic E-state index is 0.0763. The molecule has 9 heteroatoms. The summed E-state index contributed by atoms with van der Waals surface area (Å²) in [5, 5.41) is 10.5. The lowest BCUT2D eigenvalue weighted by Gasteiger charge is -2.27. The molecule has 126 valence electrons. The summed E-state index contributed by atoms with van der Waals surface area (Å²) >= 11 is 1.25. The van der Waals surface area contributed by atoms with Crippen LogP contribution in [-0.2, 0) is 4.79 Å². The minimum Gasteiger partial charge on any atom is -0.347 e. The van der Waals surface area contributed by atoms with Crippen LogP contribution in [0.4, 0.5) is 10.9 Å². The van der Waals surface area contributed by atoms with Gasteiger partial charge in [-0.15, -0.1) is 10.2 Å². The summed E-state index contributed by atoms with van der Waals surface area (Å²) in [4.78, 5) is 32.3. The first kappa shape index (κ1) is 16.3. The Kier molecular flexibility index (Phi) is 4.70. The Hall–Kier alpha value is -2.55. The predicted molar refractivity (Wildman–Crippen MR) is 91.2 cm³/mol. The van der Waals surface area contributed by atoms with E-state index in [-0.39, 0.29) is 17.9 Å².